The maximum atomic E-state index is 12.3. The van der Waals surface area contributed by atoms with E-state index in [2.05, 4.69) is 9.50 Å². The van der Waals surface area contributed by atoms with E-state index in [1.165, 1.54) is 13.0 Å². The average molecular weight is 353 g/mol. The summed E-state index contributed by atoms with van der Waals surface area (Å²) in [6, 6.07) is 3.32. The van der Waals surface area contributed by atoms with Gasteiger partial charge >= 0.3 is 15.6 Å². The molecule has 1 heterocycles. The Morgan fingerprint density at radius 1 is 1.43 bits per heavy atom. The number of hydrogen-bond donors (Lipinski definition) is 1. The lowest BCUT2D eigenvalue weighted by molar-refractivity contribution is -0.120. The van der Waals surface area contributed by atoms with Crippen molar-refractivity contribution in [3.05, 3.63) is 23.8 Å². The average Bonchev–Trinajstić information content (AvgIpc) is 2.79. The summed E-state index contributed by atoms with van der Waals surface area (Å²) in [6.07, 6.45) is 0.0340. The molecule has 0 bridgehead atoms. The van der Waals surface area contributed by atoms with Gasteiger partial charge in [-0.1, -0.05) is 6.07 Å². The molecule has 1 aliphatic rings. The molecule has 6 nitrogen and oxygen atoms in total. The number of amides is 1. The van der Waals surface area contributed by atoms with Crippen LogP contribution in [0.5, 0.6) is 11.5 Å². The number of rotatable bonds is 4. The minimum absolute atomic E-state index is 0.224. The molecule has 1 amide bonds. The third-order valence-electron chi connectivity index (χ3n) is 3.22. The van der Waals surface area contributed by atoms with Crippen LogP contribution in [0.3, 0.4) is 0 Å². The quantitative estimate of drug-likeness (QED) is 0.659. The highest BCUT2D eigenvalue weighted by Crippen LogP contribution is 2.35. The number of hydrogen-bond acceptors (Lipinski definition) is 5. The minimum atomic E-state index is -5.73. The molecule has 0 saturated heterocycles. The molecule has 0 fully saturated rings. The Labute approximate surface area is 130 Å². The van der Waals surface area contributed by atoms with Gasteiger partial charge in [0.1, 0.15) is 17.6 Å². The van der Waals surface area contributed by atoms with Crippen LogP contribution < -0.4 is 14.2 Å². The summed E-state index contributed by atoms with van der Waals surface area (Å²) in [7, 11) is -5.73. The van der Waals surface area contributed by atoms with Gasteiger partial charge < -0.3 is 14.2 Å². The smallest absolute Gasteiger partial charge is 0.488 e. The molecule has 0 radical (unpaired) electrons. The molecule has 23 heavy (non-hydrogen) atoms. The summed E-state index contributed by atoms with van der Waals surface area (Å²) < 4.78 is 68.4. The van der Waals surface area contributed by atoms with Gasteiger partial charge in [0, 0.05) is 19.4 Å². The van der Waals surface area contributed by atoms with E-state index in [9.17, 15) is 26.4 Å². The van der Waals surface area contributed by atoms with E-state index in [0.717, 1.165) is 12.1 Å². The maximum absolute atomic E-state index is 12.3. The first kappa shape index (κ1) is 17.4. The Hall–Kier alpha value is -1.97. The molecule has 0 aromatic heterocycles. The predicted molar refractivity (Wildman–Crippen MR) is 73.4 cm³/mol. The van der Waals surface area contributed by atoms with E-state index >= 15 is 0 Å². The fraction of sp³-hybridized carbons (Fsp3) is 0.462. The SMILES string of the molecule is CC(=O)N[C@@H](C)[C@H]1Cc2ccc(OS(=O)(=O)C(F)(F)F)cc2O1. The molecule has 1 aliphatic heterocycles. The zero-order chi connectivity index (χ0) is 17.4. The molecular formula is C13H14F3NO5S. The number of halogens is 3. The summed E-state index contributed by atoms with van der Waals surface area (Å²) in [5, 5.41) is 2.65. The lowest BCUT2D eigenvalue weighted by Crippen LogP contribution is -2.42. The first-order chi connectivity index (χ1) is 10.5. The monoisotopic (exact) mass is 353 g/mol. The van der Waals surface area contributed by atoms with Crippen LogP contribution in [0.4, 0.5) is 13.2 Å². The standard InChI is InChI=1S/C13H14F3NO5S/c1-7(17-8(2)18)11-5-9-3-4-10(6-12(9)21-11)22-23(19,20)13(14,15)16/h3-4,6-7,11H,5H2,1-2H3,(H,17,18)/t7-,11+/m0/s1. The lowest BCUT2D eigenvalue weighted by atomic mass is 10.1. The largest absolute Gasteiger partial charge is 0.534 e. The van der Waals surface area contributed by atoms with Gasteiger partial charge in [0.2, 0.25) is 5.91 Å². The van der Waals surface area contributed by atoms with Crippen LogP contribution in [0.25, 0.3) is 0 Å². The van der Waals surface area contributed by atoms with Crippen molar-refractivity contribution in [2.24, 2.45) is 0 Å². The van der Waals surface area contributed by atoms with Gasteiger partial charge in [-0.3, -0.25) is 4.79 Å². The second-order valence-corrected chi connectivity index (χ2v) is 6.64. The summed E-state index contributed by atoms with van der Waals surface area (Å²) in [4.78, 5) is 11.0. The van der Waals surface area contributed by atoms with Crippen LogP contribution in [0.2, 0.25) is 0 Å². The number of nitrogens with one attached hydrogen (secondary N) is 1. The summed E-state index contributed by atoms with van der Waals surface area (Å²) in [5.74, 6) is -0.506. The van der Waals surface area contributed by atoms with Crippen LogP contribution in [0.1, 0.15) is 19.4 Å². The minimum Gasteiger partial charge on any atom is -0.488 e. The molecule has 2 rings (SSSR count). The molecule has 1 aromatic carbocycles. The topological polar surface area (TPSA) is 81.7 Å². The van der Waals surface area contributed by atoms with Crippen molar-refractivity contribution in [1.29, 1.82) is 0 Å². The van der Waals surface area contributed by atoms with Crippen LogP contribution in [-0.2, 0) is 21.3 Å². The van der Waals surface area contributed by atoms with Crippen molar-refractivity contribution >= 4 is 16.0 Å². The van der Waals surface area contributed by atoms with Crippen molar-refractivity contribution in [3.63, 3.8) is 0 Å². The van der Waals surface area contributed by atoms with Crippen molar-refractivity contribution in [3.8, 4) is 11.5 Å². The highest BCUT2D eigenvalue weighted by molar-refractivity contribution is 7.88. The van der Waals surface area contributed by atoms with Gasteiger partial charge in [-0.25, -0.2) is 0 Å². The Morgan fingerprint density at radius 3 is 2.65 bits per heavy atom. The third-order valence-corrected chi connectivity index (χ3v) is 4.19. The van der Waals surface area contributed by atoms with Crippen molar-refractivity contribution < 1.29 is 35.3 Å². The van der Waals surface area contributed by atoms with Gasteiger partial charge in [-0.2, -0.15) is 21.6 Å². The van der Waals surface area contributed by atoms with E-state index in [0.29, 0.717) is 12.0 Å². The van der Waals surface area contributed by atoms with Crippen LogP contribution in [0.15, 0.2) is 18.2 Å². The fourth-order valence-corrected chi connectivity index (χ4v) is 2.60. The third kappa shape index (κ3) is 3.87. The second kappa shape index (κ2) is 5.91. The molecule has 1 N–H and O–H groups in total. The molecule has 128 valence electrons. The molecule has 0 spiro atoms. The summed E-state index contributed by atoms with van der Waals surface area (Å²) >= 11 is 0. The van der Waals surface area contributed by atoms with Crippen LogP contribution >= 0.6 is 0 Å². The number of fused-ring (bicyclic) bond motifs is 1. The zero-order valence-electron chi connectivity index (χ0n) is 12.2. The van der Waals surface area contributed by atoms with Crippen molar-refractivity contribution in [2.45, 2.75) is 37.9 Å². The first-order valence-electron chi connectivity index (χ1n) is 6.57. The van der Waals surface area contributed by atoms with Crippen molar-refractivity contribution in [1.82, 2.24) is 5.32 Å². The normalized spacial score (nSPS) is 18.7. The molecule has 2 atom stereocenters. The van der Waals surface area contributed by atoms with Gasteiger partial charge in [-0.05, 0) is 18.6 Å². The maximum Gasteiger partial charge on any atom is 0.534 e. The summed E-state index contributed by atoms with van der Waals surface area (Å²) in [5.41, 5.74) is -4.82. The van der Waals surface area contributed by atoms with E-state index in [1.54, 1.807) is 6.92 Å². The molecule has 0 aliphatic carbocycles. The van der Waals surface area contributed by atoms with Crippen LogP contribution in [-0.4, -0.2) is 32.0 Å². The Kier molecular flexibility index (Phi) is 4.47. The number of ether oxygens (including phenoxy) is 1. The highest BCUT2D eigenvalue weighted by Gasteiger charge is 2.48. The number of carbonyl (C=O) groups is 1. The molecule has 0 unspecified atom stereocenters. The first-order valence-corrected chi connectivity index (χ1v) is 7.98. The van der Waals surface area contributed by atoms with Crippen molar-refractivity contribution in [2.75, 3.05) is 0 Å². The van der Waals surface area contributed by atoms with Gasteiger partial charge in [0.05, 0.1) is 6.04 Å². The fourth-order valence-electron chi connectivity index (χ4n) is 2.15. The molecule has 10 heteroatoms. The second-order valence-electron chi connectivity index (χ2n) is 5.10. The van der Waals surface area contributed by atoms with E-state index < -0.39 is 27.5 Å². The molecule has 1 aromatic rings. The Bertz CT molecular complexity index is 717. The van der Waals surface area contributed by atoms with E-state index in [-0.39, 0.29) is 17.7 Å². The molecular weight excluding hydrogens is 339 g/mol. The predicted octanol–water partition coefficient (Wildman–Crippen LogP) is 1.74. The highest BCUT2D eigenvalue weighted by atomic mass is 32.2. The Morgan fingerprint density at radius 2 is 2.09 bits per heavy atom. The van der Waals surface area contributed by atoms with Crippen LogP contribution in [0, 0.1) is 0 Å². The molecule has 0 saturated carbocycles. The lowest BCUT2D eigenvalue weighted by Gasteiger charge is -2.19. The number of carbonyl (C=O) groups excluding carboxylic acids is 1. The summed E-state index contributed by atoms with van der Waals surface area (Å²) in [6.45, 7) is 3.08. The number of alkyl halides is 3. The zero-order valence-corrected chi connectivity index (χ0v) is 13.0. The Balaban J connectivity index is 2.14. The van der Waals surface area contributed by atoms with E-state index in [1.807, 2.05) is 0 Å². The van der Waals surface area contributed by atoms with E-state index in [4.69, 9.17) is 4.74 Å². The van der Waals surface area contributed by atoms with Gasteiger partial charge in [-0.15, -0.1) is 0 Å². The van der Waals surface area contributed by atoms with Gasteiger partial charge in [0.15, 0.2) is 0 Å². The number of benzene rings is 1. The van der Waals surface area contributed by atoms with Gasteiger partial charge in [0.25, 0.3) is 0 Å².